The van der Waals surface area contributed by atoms with E-state index in [0.29, 0.717) is 32.6 Å². The van der Waals surface area contributed by atoms with Gasteiger partial charge in [-0.2, -0.15) is 13.2 Å². The van der Waals surface area contributed by atoms with Gasteiger partial charge in [-0.15, -0.1) is 0 Å². The van der Waals surface area contributed by atoms with Gasteiger partial charge in [-0.05, 0) is 30.5 Å². The standard InChI is InChI=1S/C16H20F3NO3/c1-22-14(21)10-15(6-8-23-9-7-15)20-11-12-2-4-13(5-3-12)16(17,18)19/h2-5,20H,6-11H2,1H3. The Labute approximate surface area is 133 Å². The van der Waals surface area contributed by atoms with Gasteiger partial charge in [0.25, 0.3) is 0 Å². The van der Waals surface area contributed by atoms with Crippen molar-refractivity contribution in [2.45, 2.75) is 37.5 Å². The first kappa shape index (κ1) is 17.7. The molecule has 0 amide bonds. The van der Waals surface area contributed by atoms with Gasteiger partial charge in [0.15, 0.2) is 0 Å². The first-order chi connectivity index (χ1) is 10.8. The molecular formula is C16H20F3NO3. The predicted molar refractivity (Wildman–Crippen MR) is 77.7 cm³/mol. The monoisotopic (exact) mass is 331 g/mol. The summed E-state index contributed by atoms with van der Waals surface area (Å²) in [5.41, 5.74) is -0.376. The normalized spacial score (nSPS) is 17.7. The Kier molecular flexibility index (Phi) is 5.64. The molecule has 1 saturated heterocycles. The minimum Gasteiger partial charge on any atom is -0.469 e. The van der Waals surface area contributed by atoms with E-state index in [1.807, 2.05) is 0 Å². The molecule has 1 aromatic carbocycles. The van der Waals surface area contributed by atoms with Gasteiger partial charge in [0.2, 0.25) is 0 Å². The van der Waals surface area contributed by atoms with E-state index in [0.717, 1.165) is 17.7 Å². The van der Waals surface area contributed by atoms with Crippen LogP contribution in [0, 0.1) is 0 Å². The Bertz CT molecular complexity index is 522. The highest BCUT2D eigenvalue weighted by Crippen LogP contribution is 2.29. The largest absolute Gasteiger partial charge is 0.469 e. The maximum absolute atomic E-state index is 12.6. The number of halogens is 3. The van der Waals surface area contributed by atoms with E-state index in [2.05, 4.69) is 5.32 Å². The summed E-state index contributed by atoms with van der Waals surface area (Å²) in [7, 11) is 1.34. The van der Waals surface area contributed by atoms with E-state index in [1.54, 1.807) is 0 Å². The van der Waals surface area contributed by atoms with Crippen molar-refractivity contribution in [3.63, 3.8) is 0 Å². The smallest absolute Gasteiger partial charge is 0.416 e. The number of carbonyl (C=O) groups is 1. The molecule has 0 radical (unpaired) electrons. The second-order valence-electron chi connectivity index (χ2n) is 5.69. The van der Waals surface area contributed by atoms with E-state index in [9.17, 15) is 18.0 Å². The summed E-state index contributed by atoms with van der Waals surface area (Å²) in [6, 6.07) is 5.02. The summed E-state index contributed by atoms with van der Waals surface area (Å²) in [6.45, 7) is 1.46. The quantitative estimate of drug-likeness (QED) is 0.843. The molecule has 4 nitrogen and oxygen atoms in total. The fourth-order valence-corrected chi connectivity index (χ4v) is 2.63. The third-order valence-corrected chi connectivity index (χ3v) is 4.11. The summed E-state index contributed by atoms with van der Waals surface area (Å²) >= 11 is 0. The molecule has 7 heteroatoms. The first-order valence-electron chi connectivity index (χ1n) is 7.40. The second-order valence-corrected chi connectivity index (χ2v) is 5.69. The maximum atomic E-state index is 12.6. The number of ether oxygens (including phenoxy) is 2. The fourth-order valence-electron chi connectivity index (χ4n) is 2.63. The number of rotatable bonds is 5. The molecule has 1 N–H and O–H groups in total. The summed E-state index contributed by atoms with van der Waals surface area (Å²) in [5, 5.41) is 3.31. The van der Waals surface area contributed by atoms with Crippen molar-refractivity contribution in [2.75, 3.05) is 20.3 Å². The maximum Gasteiger partial charge on any atom is 0.416 e. The van der Waals surface area contributed by atoms with Crippen molar-refractivity contribution in [1.29, 1.82) is 0 Å². The Balaban J connectivity index is 2.02. The number of alkyl halides is 3. The Morgan fingerprint density at radius 1 is 1.26 bits per heavy atom. The molecule has 0 aliphatic carbocycles. The molecular weight excluding hydrogens is 311 g/mol. The van der Waals surface area contributed by atoms with Gasteiger partial charge in [-0.25, -0.2) is 0 Å². The lowest BCUT2D eigenvalue weighted by molar-refractivity contribution is -0.143. The molecule has 2 rings (SSSR count). The van der Waals surface area contributed by atoms with E-state index >= 15 is 0 Å². The van der Waals surface area contributed by atoms with Crippen LogP contribution in [0.4, 0.5) is 13.2 Å². The van der Waals surface area contributed by atoms with Crippen LogP contribution in [0.2, 0.25) is 0 Å². The third-order valence-electron chi connectivity index (χ3n) is 4.11. The highest BCUT2D eigenvalue weighted by Gasteiger charge is 2.35. The van der Waals surface area contributed by atoms with Crippen LogP contribution in [-0.4, -0.2) is 31.8 Å². The van der Waals surface area contributed by atoms with Gasteiger partial charge in [-0.1, -0.05) is 12.1 Å². The molecule has 1 aliphatic rings. The number of hydrogen-bond donors (Lipinski definition) is 1. The highest BCUT2D eigenvalue weighted by molar-refractivity contribution is 5.70. The number of nitrogens with one attached hydrogen (secondary N) is 1. The Hall–Kier alpha value is -1.60. The Morgan fingerprint density at radius 2 is 1.87 bits per heavy atom. The van der Waals surface area contributed by atoms with Crippen LogP contribution < -0.4 is 5.32 Å². The van der Waals surface area contributed by atoms with Crippen molar-refractivity contribution < 1.29 is 27.4 Å². The van der Waals surface area contributed by atoms with Crippen LogP contribution in [0.25, 0.3) is 0 Å². The Morgan fingerprint density at radius 3 is 2.39 bits per heavy atom. The fraction of sp³-hybridized carbons (Fsp3) is 0.562. The zero-order valence-electron chi connectivity index (χ0n) is 12.9. The molecule has 0 saturated carbocycles. The van der Waals surface area contributed by atoms with Crippen LogP contribution in [0.1, 0.15) is 30.4 Å². The van der Waals surface area contributed by atoms with E-state index in [1.165, 1.54) is 19.2 Å². The molecule has 0 spiro atoms. The molecule has 0 unspecified atom stereocenters. The minimum absolute atomic E-state index is 0.216. The van der Waals surface area contributed by atoms with Gasteiger partial charge >= 0.3 is 12.1 Å². The van der Waals surface area contributed by atoms with Crippen LogP contribution >= 0.6 is 0 Å². The van der Waals surface area contributed by atoms with E-state index in [-0.39, 0.29) is 12.4 Å². The number of benzene rings is 1. The lowest BCUT2D eigenvalue weighted by atomic mass is 9.86. The summed E-state index contributed by atoms with van der Waals surface area (Å²) in [6.07, 6.45) is -2.81. The van der Waals surface area contributed by atoms with Gasteiger partial charge in [0.05, 0.1) is 19.1 Å². The second kappa shape index (κ2) is 7.31. The summed E-state index contributed by atoms with van der Waals surface area (Å²) in [4.78, 5) is 11.6. The molecule has 1 aliphatic heterocycles. The number of esters is 1. The molecule has 128 valence electrons. The minimum atomic E-state index is -4.33. The third kappa shape index (κ3) is 4.94. The van der Waals surface area contributed by atoms with Crippen LogP contribution in [0.15, 0.2) is 24.3 Å². The van der Waals surface area contributed by atoms with Gasteiger partial charge < -0.3 is 14.8 Å². The molecule has 1 heterocycles. The van der Waals surface area contributed by atoms with Crippen LogP contribution in [0.5, 0.6) is 0 Å². The zero-order valence-corrected chi connectivity index (χ0v) is 12.9. The molecule has 0 atom stereocenters. The van der Waals surface area contributed by atoms with Crippen molar-refractivity contribution in [2.24, 2.45) is 0 Å². The van der Waals surface area contributed by atoms with E-state index in [4.69, 9.17) is 9.47 Å². The molecule has 1 fully saturated rings. The average Bonchev–Trinajstić information content (AvgIpc) is 2.53. The SMILES string of the molecule is COC(=O)CC1(NCc2ccc(C(F)(F)F)cc2)CCOCC1. The summed E-state index contributed by atoms with van der Waals surface area (Å²) in [5.74, 6) is -0.313. The number of hydrogen-bond acceptors (Lipinski definition) is 4. The van der Waals surface area contributed by atoms with Crippen LogP contribution in [-0.2, 0) is 27.0 Å². The van der Waals surface area contributed by atoms with Crippen molar-refractivity contribution in [3.8, 4) is 0 Å². The van der Waals surface area contributed by atoms with Gasteiger partial charge in [-0.3, -0.25) is 4.79 Å². The zero-order chi connectivity index (χ0) is 16.9. The van der Waals surface area contributed by atoms with Crippen molar-refractivity contribution >= 4 is 5.97 Å². The van der Waals surface area contributed by atoms with E-state index < -0.39 is 17.3 Å². The molecule has 23 heavy (non-hydrogen) atoms. The molecule has 0 bridgehead atoms. The van der Waals surface area contributed by atoms with Crippen molar-refractivity contribution in [1.82, 2.24) is 5.32 Å². The molecule has 1 aromatic rings. The summed E-state index contributed by atoms with van der Waals surface area (Å²) < 4.78 is 47.7. The lowest BCUT2D eigenvalue weighted by Gasteiger charge is -2.37. The topological polar surface area (TPSA) is 47.6 Å². The van der Waals surface area contributed by atoms with Crippen LogP contribution in [0.3, 0.4) is 0 Å². The van der Waals surface area contributed by atoms with Gasteiger partial charge in [0, 0.05) is 25.3 Å². The lowest BCUT2D eigenvalue weighted by Crippen LogP contribution is -2.50. The number of methoxy groups -OCH3 is 1. The van der Waals surface area contributed by atoms with Crippen molar-refractivity contribution in [3.05, 3.63) is 35.4 Å². The number of carbonyl (C=O) groups excluding carboxylic acids is 1. The highest BCUT2D eigenvalue weighted by atomic mass is 19.4. The first-order valence-corrected chi connectivity index (χ1v) is 7.40. The molecule has 0 aromatic heterocycles. The average molecular weight is 331 g/mol. The van der Waals surface area contributed by atoms with Gasteiger partial charge in [0.1, 0.15) is 0 Å². The predicted octanol–water partition coefficient (Wildman–Crippen LogP) is 2.91.